The highest BCUT2D eigenvalue weighted by Crippen LogP contribution is 2.26. The second kappa shape index (κ2) is 6.33. The maximum atomic E-state index is 12.4. The molecule has 1 aliphatic heterocycles. The van der Waals surface area contributed by atoms with Crippen LogP contribution >= 0.6 is 0 Å². The van der Waals surface area contributed by atoms with Crippen molar-refractivity contribution in [1.82, 2.24) is 15.1 Å². The van der Waals surface area contributed by atoms with Crippen molar-refractivity contribution in [3.05, 3.63) is 54.4 Å². The van der Waals surface area contributed by atoms with E-state index in [1.807, 2.05) is 36.4 Å². The second-order valence-electron chi connectivity index (χ2n) is 5.62. The second-order valence-corrected chi connectivity index (χ2v) is 5.62. The van der Waals surface area contributed by atoms with E-state index in [0.717, 1.165) is 16.8 Å². The number of hydrogen-bond acceptors (Lipinski definition) is 4. The first-order valence-corrected chi connectivity index (χ1v) is 7.88. The predicted octanol–water partition coefficient (Wildman–Crippen LogP) is 2.81. The molecule has 1 amide bonds. The largest absolute Gasteiger partial charge is 0.451 e. The zero-order chi connectivity index (χ0) is 16.4. The number of nitrogens with zero attached hydrogens (tertiary/aromatic N) is 2. The van der Waals surface area contributed by atoms with E-state index in [1.165, 1.54) is 0 Å². The van der Waals surface area contributed by atoms with Crippen LogP contribution in [0.25, 0.3) is 22.6 Å². The number of morpholine rings is 1. The summed E-state index contributed by atoms with van der Waals surface area (Å²) in [5.41, 5.74) is 2.94. The van der Waals surface area contributed by atoms with Crippen molar-refractivity contribution in [2.45, 2.75) is 0 Å². The first-order chi connectivity index (χ1) is 11.8. The highest BCUT2D eigenvalue weighted by molar-refractivity contribution is 5.92. The molecule has 6 heteroatoms. The summed E-state index contributed by atoms with van der Waals surface area (Å²) >= 11 is 0. The number of furan rings is 1. The third-order valence-corrected chi connectivity index (χ3v) is 4.10. The van der Waals surface area contributed by atoms with E-state index in [4.69, 9.17) is 9.15 Å². The van der Waals surface area contributed by atoms with Crippen molar-refractivity contribution in [1.29, 1.82) is 0 Å². The molecule has 0 radical (unpaired) electrons. The van der Waals surface area contributed by atoms with Crippen molar-refractivity contribution in [2.75, 3.05) is 26.3 Å². The van der Waals surface area contributed by atoms with Gasteiger partial charge in [0.2, 0.25) is 0 Å². The minimum absolute atomic E-state index is 0.0846. The van der Waals surface area contributed by atoms with Crippen LogP contribution in [-0.2, 0) is 4.74 Å². The Balaban J connectivity index is 1.53. The fourth-order valence-electron chi connectivity index (χ4n) is 2.76. The topological polar surface area (TPSA) is 71.4 Å². The zero-order valence-electron chi connectivity index (χ0n) is 13.1. The van der Waals surface area contributed by atoms with E-state index in [2.05, 4.69) is 10.2 Å². The fraction of sp³-hybridized carbons (Fsp3) is 0.222. The molecule has 6 nitrogen and oxygen atoms in total. The van der Waals surface area contributed by atoms with Crippen molar-refractivity contribution in [3.8, 4) is 22.6 Å². The van der Waals surface area contributed by atoms with Gasteiger partial charge in [-0.25, -0.2) is 0 Å². The van der Waals surface area contributed by atoms with Gasteiger partial charge in [0.1, 0.15) is 5.76 Å². The van der Waals surface area contributed by atoms with Gasteiger partial charge in [-0.1, -0.05) is 24.3 Å². The molecule has 0 spiro atoms. The molecule has 0 saturated carbocycles. The molecular weight excluding hydrogens is 306 g/mol. The number of aromatic nitrogens is 2. The standard InChI is InChI=1S/C18H17N3O3/c22-18(21-9-11-23-12-10-21)17-6-5-16(24-17)14-3-1-13(2-4-14)15-7-8-19-20-15/h1-8H,9-12H2,(H,19,20). The number of rotatable bonds is 3. The molecule has 1 fully saturated rings. The van der Waals surface area contributed by atoms with Gasteiger partial charge in [0.15, 0.2) is 5.76 Å². The molecular formula is C18H17N3O3. The summed E-state index contributed by atoms with van der Waals surface area (Å²) in [7, 11) is 0. The van der Waals surface area contributed by atoms with Crippen LogP contribution in [0.1, 0.15) is 10.6 Å². The van der Waals surface area contributed by atoms with Gasteiger partial charge in [-0.05, 0) is 23.8 Å². The molecule has 24 heavy (non-hydrogen) atoms. The molecule has 4 rings (SSSR count). The first-order valence-electron chi connectivity index (χ1n) is 7.88. The molecule has 3 heterocycles. The molecule has 0 bridgehead atoms. The molecule has 2 aromatic heterocycles. The van der Waals surface area contributed by atoms with Gasteiger partial charge >= 0.3 is 0 Å². The van der Waals surface area contributed by atoms with E-state index in [-0.39, 0.29) is 5.91 Å². The third kappa shape index (κ3) is 2.83. The third-order valence-electron chi connectivity index (χ3n) is 4.10. The number of H-pyrrole nitrogens is 1. The fourth-order valence-corrected chi connectivity index (χ4v) is 2.76. The minimum Gasteiger partial charge on any atom is -0.451 e. The number of hydrogen-bond donors (Lipinski definition) is 1. The maximum absolute atomic E-state index is 12.4. The van der Waals surface area contributed by atoms with E-state index in [9.17, 15) is 4.79 Å². The number of carbonyl (C=O) groups excluding carboxylic acids is 1. The van der Waals surface area contributed by atoms with E-state index < -0.39 is 0 Å². The summed E-state index contributed by atoms with van der Waals surface area (Å²) in [5, 5.41) is 6.89. The molecule has 1 aliphatic rings. The average molecular weight is 323 g/mol. The maximum Gasteiger partial charge on any atom is 0.289 e. The van der Waals surface area contributed by atoms with Crippen LogP contribution in [0.5, 0.6) is 0 Å². The van der Waals surface area contributed by atoms with Crippen LogP contribution in [0.4, 0.5) is 0 Å². The summed E-state index contributed by atoms with van der Waals surface area (Å²) < 4.78 is 11.0. The Morgan fingerprint density at radius 3 is 2.46 bits per heavy atom. The number of amides is 1. The summed E-state index contributed by atoms with van der Waals surface area (Å²) in [6.07, 6.45) is 1.72. The molecule has 1 N–H and O–H groups in total. The first kappa shape index (κ1) is 14.7. The minimum atomic E-state index is -0.0846. The lowest BCUT2D eigenvalue weighted by Crippen LogP contribution is -2.40. The van der Waals surface area contributed by atoms with E-state index in [1.54, 1.807) is 17.2 Å². The van der Waals surface area contributed by atoms with Crippen molar-refractivity contribution < 1.29 is 13.9 Å². The van der Waals surface area contributed by atoms with Crippen molar-refractivity contribution >= 4 is 5.91 Å². The smallest absolute Gasteiger partial charge is 0.289 e. The lowest BCUT2D eigenvalue weighted by atomic mass is 10.1. The van der Waals surface area contributed by atoms with Gasteiger partial charge in [0.05, 0.1) is 18.9 Å². The summed E-state index contributed by atoms with van der Waals surface area (Å²) in [5.74, 6) is 0.964. The van der Waals surface area contributed by atoms with Crippen molar-refractivity contribution in [2.24, 2.45) is 0 Å². The SMILES string of the molecule is O=C(c1ccc(-c2ccc(-c3ccn[nH]3)cc2)o1)N1CCOCC1. The molecule has 122 valence electrons. The number of ether oxygens (including phenoxy) is 1. The summed E-state index contributed by atoms with van der Waals surface area (Å²) in [6, 6.07) is 13.4. The molecule has 0 atom stereocenters. The van der Waals surface area contributed by atoms with Gasteiger partial charge in [-0.15, -0.1) is 0 Å². The Hall–Kier alpha value is -2.86. The monoisotopic (exact) mass is 323 g/mol. The molecule has 3 aromatic rings. The molecule has 1 saturated heterocycles. The predicted molar refractivity (Wildman–Crippen MR) is 88.4 cm³/mol. The Labute approximate surface area is 139 Å². The number of aromatic amines is 1. The highest BCUT2D eigenvalue weighted by Gasteiger charge is 2.21. The van der Waals surface area contributed by atoms with Crippen LogP contribution in [0, 0.1) is 0 Å². The van der Waals surface area contributed by atoms with Crippen LogP contribution in [0.2, 0.25) is 0 Å². The van der Waals surface area contributed by atoms with Gasteiger partial charge in [-0.3, -0.25) is 9.89 Å². The summed E-state index contributed by atoms with van der Waals surface area (Å²) in [6.45, 7) is 2.37. The van der Waals surface area contributed by atoms with Gasteiger partial charge in [-0.2, -0.15) is 5.10 Å². The summed E-state index contributed by atoms with van der Waals surface area (Å²) in [4.78, 5) is 14.2. The van der Waals surface area contributed by atoms with Crippen LogP contribution in [-0.4, -0.2) is 47.3 Å². The van der Waals surface area contributed by atoms with E-state index >= 15 is 0 Å². The van der Waals surface area contributed by atoms with Crippen LogP contribution < -0.4 is 0 Å². The Morgan fingerprint density at radius 1 is 1.00 bits per heavy atom. The Bertz CT molecular complexity index is 816. The lowest BCUT2D eigenvalue weighted by molar-refractivity contribution is 0.0283. The van der Waals surface area contributed by atoms with Crippen LogP contribution in [0.15, 0.2) is 53.1 Å². The Kier molecular flexibility index (Phi) is 3.88. The van der Waals surface area contributed by atoms with E-state index in [0.29, 0.717) is 37.8 Å². The molecule has 1 aromatic carbocycles. The number of carbonyl (C=O) groups is 1. The Morgan fingerprint density at radius 2 is 1.75 bits per heavy atom. The average Bonchev–Trinajstić information content (AvgIpc) is 3.34. The van der Waals surface area contributed by atoms with Crippen molar-refractivity contribution in [3.63, 3.8) is 0 Å². The number of benzene rings is 1. The van der Waals surface area contributed by atoms with Gasteiger partial charge in [0.25, 0.3) is 5.91 Å². The highest BCUT2D eigenvalue weighted by atomic mass is 16.5. The van der Waals surface area contributed by atoms with Gasteiger partial charge < -0.3 is 14.1 Å². The molecule has 0 unspecified atom stereocenters. The molecule has 0 aliphatic carbocycles. The van der Waals surface area contributed by atoms with Crippen LogP contribution in [0.3, 0.4) is 0 Å². The zero-order valence-corrected chi connectivity index (χ0v) is 13.1. The van der Waals surface area contributed by atoms with Gasteiger partial charge in [0, 0.05) is 24.8 Å². The quantitative estimate of drug-likeness (QED) is 0.804. The normalized spacial score (nSPS) is 14.8. The number of nitrogens with one attached hydrogen (secondary N) is 1. The lowest BCUT2D eigenvalue weighted by Gasteiger charge is -2.25.